The summed E-state index contributed by atoms with van der Waals surface area (Å²) in [6.07, 6.45) is 1.13. The SMILES string of the molecule is CO/N=C(\C(=O)N[C@@H]1C(=O)N2C(C(=O)OCc3ccccc3)=C(COC(C)=O)CS[C@@H]12)c1coc(N)n1. The molecule has 3 N–H and O–H groups in total. The second-order valence-electron chi connectivity index (χ2n) is 7.85. The van der Waals surface area contributed by atoms with Gasteiger partial charge in [0.2, 0.25) is 0 Å². The molecule has 0 spiro atoms. The zero-order chi connectivity index (χ0) is 26.5. The molecule has 14 heteroatoms. The Hall–Kier alpha value is -4.33. The molecule has 2 aliphatic rings. The zero-order valence-electron chi connectivity index (χ0n) is 19.8. The molecule has 3 heterocycles. The molecule has 4 rings (SSSR count). The molecule has 1 aromatic carbocycles. The van der Waals surface area contributed by atoms with E-state index in [9.17, 15) is 19.2 Å². The number of nitrogens with zero attached hydrogens (tertiary/aromatic N) is 3. The van der Waals surface area contributed by atoms with Gasteiger partial charge in [0.05, 0.1) is 0 Å². The first-order chi connectivity index (χ1) is 17.8. The molecule has 194 valence electrons. The number of oxazole rings is 1. The van der Waals surface area contributed by atoms with E-state index in [1.807, 2.05) is 18.2 Å². The smallest absolute Gasteiger partial charge is 0.355 e. The Morgan fingerprint density at radius 2 is 2.00 bits per heavy atom. The minimum absolute atomic E-state index is 0.00788. The van der Waals surface area contributed by atoms with Crippen molar-refractivity contribution in [3.63, 3.8) is 0 Å². The molecular formula is C23H23N5O8S. The maximum atomic E-state index is 13.1. The van der Waals surface area contributed by atoms with E-state index in [4.69, 9.17) is 24.5 Å². The number of thioether (sulfide) groups is 1. The zero-order valence-corrected chi connectivity index (χ0v) is 20.6. The van der Waals surface area contributed by atoms with Crippen LogP contribution in [-0.4, -0.2) is 70.2 Å². The number of nitrogens with one attached hydrogen (secondary N) is 1. The van der Waals surface area contributed by atoms with Crippen LogP contribution in [0.5, 0.6) is 0 Å². The third-order valence-electron chi connectivity index (χ3n) is 5.35. The average molecular weight is 530 g/mol. The minimum atomic E-state index is -0.976. The number of carbonyl (C=O) groups excluding carboxylic acids is 4. The highest BCUT2D eigenvalue weighted by molar-refractivity contribution is 8.00. The summed E-state index contributed by atoms with van der Waals surface area (Å²) >= 11 is 1.30. The van der Waals surface area contributed by atoms with Crippen LogP contribution in [0.4, 0.5) is 6.01 Å². The van der Waals surface area contributed by atoms with E-state index in [1.54, 1.807) is 12.1 Å². The number of nitrogens with two attached hydrogens (primary N) is 1. The van der Waals surface area contributed by atoms with Crippen molar-refractivity contribution in [3.05, 3.63) is 59.1 Å². The van der Waals surface area contributed by atoms with E-state index >= 15 is 0 Å². The predicted molar refractivity (Wildman–Crippen MR) is 129 cm³/mol. The number of oxime groups is 1. The summed E-state index contributed by atoms with van der Waals surface area (Å²) < 4.78 is 15.5. The van der Waals surface area contributed by atoms with Crippen LogP contribution in [0, 0.1) is 0 Å². The van der Waals surface area contributed by atoms with Gasteiger partial charge >= 0.3 is 11.9 Å². The average Bonchev–Trinajstić information content (AvgIpc) is 3.33. The molecule has 0 radical (unpaired) electrons. The van der Waals surface area contributed by atoms with Crippen molar-refractivity contribution in [2.45, 2.75) is 24.9 Å². The number of ether oxygens (including phenoxy) is 2. The van der Waals surface area contributed by atoms with E-state index in [2.05, 4.69) is 15.5 Å². The standard InChI is InChI=1S/C23H23N5O8S/c1-12(29)34-9-14-11-37-21-17(26-19(30)16(27-33-2)15-10-36-23(24)25-15)20(31)28(21)18(14)22(32)35-8-13-6-4-3-5-7-13/h3-7,10,17,21H,8-9,11H2,1-2H3,(H2,24,25)(H,26,30)/b27-16-/t17-,21+/m1/s1. The molecule has 1 fully saturated rings. The number of β-lactam (4-membered cyclic amide) rings is 1. The van der Waals surface area contributed by atoms with Crippen molar-refractivity contribution in [1.82, 2.24) is 15.2 Å². The first-order valence-corrected chi connectivity index (χ1v) is 12.0. The summed E-state index contributed by atoms with van der Waals surface area (Å²) in [6.45, 7) is 1.06. The van der Waals surface area contributed by atoms with Crippen LogP contribution in [0.25, 0.3) is 0 Å². The number of carbonyl (C=O) groups is 4. The number of fused-ring (bicyclic) bond motifs is 1. The fourth-order valence-electron chi connectivity index (χ4n) is 3.66. The number of nitrogen functional groups attached to an aromatic ring is 1. The highest BCUT2D eigenvalue weighted by Crippen LogP contribution is 2.41. The summed E-state index contributed by atoms with van der Waals surface area (Å²) in [7, 11) is 1.24. The largest absolute Gasteiger partial charge is 0.461 e. The maximum Gasteiger partial charge on any atom is 0.355 e. The number of hydrogen-bond donors (Lipinski definition) is 2. The molecule has 0 bridgehead atoms. The van der Waals surface area contributed by atoms with Crippen LogP contribution < -0.4 is 11.1 Å². The van der Waals surface area contributed by atoms with E-state index < -0.39 is 35.2 Å². The summed E-state index contributed by atoms with van der Waals surface area (Å²) in [5.41, 5.74) is 6.42. The number of esters is 2. The molecular weight excluding hydrogens is 506 g/mol. The highest BCUT2D eigenvalue weighted by atomic mass is 32.2. The van der Waals surface area contributed by atoms with Crippen molar-refractivity contribution in [1.29, 1.82) is 0 Å². The van der Waals surface area contributed by atoms with E-state index in [-0.39, 0.29) is 42.1 Å². The molecule has 13 nitrogen and oxygen atoms in total. The highest BCUT2D eigenvalue weighted by Gasteiger charge is 2.54. The number of amides is 2. The second-order valence-corrected chi connectivity index (χ2v) is 8.95. The minimum Gasteiger partial charge on any atom is -0.461 e. The Labute approximate surface area is 215 Å². The number of rotatable bonds is 9. The van der Waals surface area contributed by atoms with Crippen LogP contribution in [0.1, 0.15) is 18.2 Å². The molecule has 2 atom stereocenters. The van der Waals surface area contributed by atoms with Gasteiger partial charge in [0.25, 0.3) is 17.8 Å². The first-order valence-electron chi connectivity index (χ1n) is 10.9. The number of hydrogen-bond acceptors (Lipinski definition) is 12. The maximum absolute atomic E-state index is 13.1. The lowest BCUT2D eigenvalue weighted by Gasteiger charge is -2.49. The van der Waals surface area contributed by atoms with Crippen molar-refractivity contribution in [2.24, 2.45) is 5.16 Å². The fraction of sp³-hybridized carbons (Fsp3) is 0.304. The molecule has 1 aromatic heterocycles. The number of aromatic nitrogens is 1. The Morgan fingerprint density at radius 3 is 2.65 bits per heavy atom. The Balaban J connectivity index is 1.52. The quantitative estimate of drug-likeness (QED) is 0.201. The topological polar surface area (TPSA) is 176 Å². The van der Waals surface area contributed by atoms with E-state index in [1.165, 1.54) is 30.7 Å². The van der Waals surface area contributed by atoms with Gasteiger partial charge in [-0.1, -0.05) is 35.5 Å². The lowest BCUT2D eigenvalue weighted by Crippen LogP contribution is -2.71. The van der Waals surface area contributed by atoms with E-state index in [0.29, 0.717) is 5.57 Å². The lowest BCUT2D eigenvalue weighted by molar-refractivity contribution is -0.153. The van der Waals surface area contributed by atoms with Gasteiger partial charge in [-0.3, -0.25) is 19.3 Å². The molecule has 2 aromatic rings. The summed E-state index contributed by atoms with van der Waals surface area (Å²) in [5, 5.41) is 5.65. The van der Waals surface area contributed by atoms with Crippen LogP contribution in [0.15, 0.2) is 57.4 Å². The summed E-state index contributed by atoms with van der Waals surface area (Å²) in [6, 6.07) is 7.89. The van der Waals surface area contributed by atoms with Gasteiger partial charge in [0.15, 0.2) is 5.71 Å². The fourth-order valence-corrected chi connectivity index (χ4v) is 4.99. The van der Waals surface area contributed by atoms with Gasteiger partial charge in [0, 0.05) is 18.2 Å². The van der Waals surface area contributed by atoms with Gasteiger partial charge in [-0.15, -0.1) is 11.8 Å². The second kappa shape index (κ2) is 11.2. The van der Waals surface area contributed by atoms with Crippen LogP contribution in [-0.2, 0) is 40.1 Å². The van der Waals surface area contributed by atoms with Crippen LogP contribution >= 0.6 is 11.8 Å². The van der Waals surface area contributed by atoms with Crippen LogP contribution in [0.3, 0.4) is 0 Å². The molecule has 0 saturated carbocycles. The molecule has 0 aliphatic carbocycles. The van der Waals surface area contributed by atoms with Crippen molar-refractivity contribution >= 4 is 47.2 Å². The predicted octanol–water partition coefficient (Wildman–Crippen LogP) is 0.568. The summed E-state index contributed by atoms with van der Waals surface area (Å²) in [5.74, 6) is -2.31. The van der Waals surface area contributed by atoms with Crippen molar-refractivity contribution in [2.75, 3.05) is 25.2 Å². The number of benzene rings is 1. The Bertz CT molecular complexity index is 1270. The molecule has 2 aliphatic heterocycles. The summed E-state index contributed by atoms with van der Waals surface area (Å²) in [4.78, 5) is 60.3. The molecule has 37 heavy (non-hydrogen) atoms. The first kappa shape index (κ1) is 25.8. The van der Waals surface area contributed by atoms with E-state index in [0.717, 1.165) is 11.8 Å². The third kappa shape index (κ3) is 5.58. The lowest BCUT2D eigenvalue weighted by atomic mass is 10.0. The molecule has 2 amide bonds. The van der Waals surface area contributed by atoms with Crippen LogP contribution in [0.2, 0.25) is 0 Å². The van der Waals surface area contributed by atoms with Gasteiger partial charge in [-0.25, -0.2) is 4.79 Å². The van der Waals surface area contributed by atoms with Crippen molar-refractivity contribution < 1.29 is 37.9 Å². The van der Waals surface area contributed by atoms with Gasteiger partial charge in [0.1, 0.15) is 49.4 Å². The Morgan fingerprint density at radius 1 is 1.24 bits per heavy atom. The van der Waals surface area contributed by atoms with Gasteiger partial charge < -0.3 is 29.8 Å². The number of anilines is 1. The Kier molecular flexibility index (Phi) is 7.77. The molecule has 1 saturated heterocycles. The normalized spacial score (nSPS) is 19.0. The van der Waals surface area contributed by atoms with Crippen molar-refractivity contribution in [3.8, 4) is 0 Å². The van der Waals surface area contributed by atoms with Gasteiger partial charge in [-0.2, -0.15) is 4.98 Å². The van der Waals surface area contributed by atoms with Gasteiger partial charge in [-0.05, 0) is 5.56 Å². The third-order valence-corrected chi connectivity index (χ3v) is 6.69. The molecule has 0 unspecified atom stereocenters. The monoisotopic (exact) mass is 529 g/mol.